The quantitative estimate of drug-likeness (QED) is 0.484. The van der Waals surface area contributed by atoms with E-state index >= 15 is 0 Å². The van der Waals surface area contributed by atoms with E-state index in [0.717, 1.165) is 16.7 Å². The van der Waals surface area contributed by atoms with E-state index in [9.17, 15) is 9.90 Å². The first-order valence-electron chi connectivity index (χ1n) is 10.2. The highest BCUT2D eigenvalue weighted by molar-refractivity contribution is 5.74. The van der Waals surface area contributed by atoms with Crippen LogP contribution in [0.4, 0.5) is 4.79 Å². The molecule has 0 aromatic heterocycles. The molecule has 0 spiro atoms. The number of aromatic hydroxyl groups is 1. The Bertz CT molecular complexity index is 992. The SMILES string of the molecule is COc1ccc(CC(NC(=O)NCCc2cccc(O)c2)c2ccccc2)cc1OC. The lowest BCUT2D eigenvalue weighted by molar-refractivity contribution is 0.237. The second-order valence-electron chi connectivity index (χ2n) is 7.18. The molecular formula is C25H28N2O4. The van der Waals surface area contributed by atoms with Crippen molar-refractivity contribution < 1.29 is 19.4 Å². The number of methoxy groups -OCH3 is 2. The minimum absolute atomic E-state index is 0.208. The van der Waals surface area contributed by atoms with Gasteiger partial charge < -0.3 is 25.2 Å². The fraction of sp³-hybridized carbons (Fsp3) is 0.240. The van der Waals surface area contributed by atoms with Crippen LogP contribution < -0.4 is 20.1 Å². The fourth-order valence-corrected chi connectivity index (χ4v) is 3.42. The van der Waals surface area contributed by atoms with Crippen LogP contribution in [0.25, 0.3) is 0 Å². The molecule has 6 heteroatoms. The van der Waals surface area contributed by atoms with Gasteiger partial charge in [-0.25, -0.2) is 4.79 Å². The highest BCUT2D eigenvalue weighted by Gasteiger charge is 2.16. The van der Waals surface area contributed by atoms with E-state index in [0.29, 0.717) is 30.9 Å². The largest absolute Gasteiger partial charge is 0.508 e. The van der Waals surface area contributed by atoms with E-state index < -0.39 is 0 Å². The van der Waals surface area contributed by atoms with Crippen LogP contribution in [0.15, 0.2) is 72.8 Å². The van der Waals surface area contributed by atoms with Gasteiger partial charge in [-0.2, -0.15) is 0 Å². The van der Waals surface area contributed by atoms with Gasteiger partial charge in [0.05, 0.1) is 20.3 Å². The predicted octanol–water partition coefficient (Wildman–Crippen LogP) is 4.24. The molecule has 0 saturated carbocycles. The third-order valence-electron chi connectivity index (χ3n) is 5.00. The van der Waals surface area contributed by atoms with Gasteiger partial charge in [0.25, 0.3) is 0 Å². The molecule has 0 fully saturated rings. The van der Waals surface area contributed by atoms with Gasteiger partial charge in [-0.05, 0) is 53.8 Å². The summed E-state index contributed by atoms with van der Waals surface area (Å²) in [5, 5.41) is 15.5. The van der Waals surface area contributed by atoms with Crippen LogP contribution >= 0.6 is 0 Å². The number of phenolic OH excluding ortho intramolecular Hbond substituents is 1. The first-order chi connectivity index (χ1) is 15.1. The van der Waals surface area contributed by atoms with Gasteiger partial charge in [0.15, 0.2) is 11.5 Å². The third-order valence-corrected chi connectivity index (χ3v) is 5.00. The molecule has 3 aromatic rings. The fourth-order valence-electron chi connectivity index (χ4n) is 3.42. The smallest absolute Gasteiger partial charge is 0.315 e. The van der Waals surface area contributed by atoms with Crippen molar-refractivity contribution in [3.8, 4) is 17.2 Å². The summed E-state index contributed by atoms with van der Waals surface area (Å²) in [5.74, 6) is 1.54. The van der Waals surface area contributed by atoms with Gasteiger partial charge in [0, 0.05) is 6.54 Å². The summed E-state index contributed by atoms with van der Waals surface area (Å²) >= 11 is 0. The zero-order valence-corrected chi connectivity index (χ0v) is 17.8. The molecule has 1 atom stereocenters. The molecule has 3 N–H and O–H groups in total. The van der Waals surface area contributed by atoms with Crippen molar-refractivity contribution in [2.75, 3.05) is 20.8 Å². The summed E-state index contributed by atoms with van der Waals surface area (Å²) in [6.45, 7) is 0.465. The lowest BCUT2D eigenvalue weighted by Gasteiger charge is -2.20. The normalized spacial score (nSPS) is 11.4. The Hall–Kier alpha value is -3.67. The summed E-state index contributed by atoms with van der Waals surface area (Å²) in [6.07, 6.45) is 1.23. The summed E-state index contributed by atoms with van der Waals surface area (Å²) in [6, 6.07) is 22.2. The van der Waals surface area contributed by atoms with Crippen LogP contribution in [0.1, 0.15) is 22.7 Å². The molecule has 3 aromatic carbocycles. The van der Waals surface area contributed by atoms with Crippen LogP contribution in [0.2, 0.25) is 0 Å². The number of ether oxygens (including phenoxy) is 2. The van der Waals surface area contributed by atoms with Crippen molar-refractivity contribution in [3.63, 3.8) is 0 Å². The van der Waals surface area contributed by atoms with Gasteiger partial charge >= 0.3 is 6.03 Å². The highest BCUT2D eigenvalue weighted by Crippen LogP contribution is 2.29. The number of hydrogen-bond acceptors (Lipinski definition) is 4. The van der Waals surface area contributed by atoms with Gasteiger partial charge in [0.2, 0.25) is 0 Å². The number of nitrogens with one attached hydrogen (secondary N) is 2. The van der Waals surface area contributed by atoms with Crippen molar-refractivity contribution in [1.82, 2.24) is 10.6 Å². The number of benzene rings is 3. The first kappa shape index (κ1) is 22.0. The van der Waals surface area contributed by atoms with Crippen molar-refractivity contribution in [1.29, 1.82) is 0 Å². The first-order valence-corrected chi connectivity index (χ1v) is 10.2. The Labute approximate surface area is 182 Å². The summed E-state index contributed by atoms with van der Waals surface area (Å²) < 4.78 is 10.7. The number of phenols is 1. The molecular weight excluding hydrogens is 392 g/mol. The molecule has 6 nitrogen and oxygen atoms in total. The average Bonchev–Trinajstić information content (AvgIpc) is 2.79. The standard InChI is InChI=1S/C25H28N2O4/c1-30-23-12-11-19(17-24(23)31-2)16-22(20-8-4-3-5-9-20)27-25(29)26-14-13-18-7-6-10-21(28)15-18/h3-12,15,17,22,28H,13-14,16H2,1-2H3,(H2,26,27,29). The highest BCUT2D eigenvalue weighted by atomic mass is 16.5. The predicted molar refractivity (Wildman–Crippen MR) is 121 cm³/mol. The summed E-state index contributed by atoms with van der Waals surface area (Å²) in [4.78, 5) is 12.6. The maximum atomic E-state index is 12.6. The van der Waals surface area contributed by atoms with E-state index in [-0.39, 0.29) is 17.8 Å². The molecule has 0 saturated heterocycles. The Morgan fingerprint density at radius 2 is 1.68 bits per heavy atom. The lowest BCUT2D eigenvalue weighted by atomic mass is 9.98. The number of urea groups is 1. The summed E-state index contributed by atoms with van der Waals surface area (Å²) in [5.41, 5.74) is 3.00. The summed E-state index contributed by atoms with van der Waals surface area (Å²) in [7, 11) is 3.21. The van der Waals surface area contributed by atoms with Gasteiger partial charge in [-0.1, -0.05) is 48.5 Å². The topological polar surface area (TPSA) is 79.8 Å². The molecule has 0 radical (unpaired) electrons. The molecule has 1 unspecified atom stereocenters. The Balaban J connectivity index is 1.66. The maximum Gasteiger partial charge on any atom is 0.315 e. The molecule has 3 rings (SSSR count). The molecule has 0 aliphatic heterocycles. The van der Waals surface area contributed by atoms with Crippen molar-refractivity contribution in [3.05, 3.63) is 89.5 Å². The number of amides is 2. The zero-order valence-electron chi connectivity index (χ0n) is 17.8. The Kier molecular flexibility index (Phi) is 7.76. The minimum Gasteiger partial charge on any atom is -0.508 e. The van der Waals surface area contributed by atoms with E-state index in [4.69, 9.17) is 9.47 Å². The second kappa shape index (κ2) is 10.9. The average molecular weight is 421 g/mol. The molecule has 0 heterocycles. The van der Waals surface area contributed by atoms with E-state index in [1.165, 1.54) is 0 Å². The monoisotopic (exact) mass is 420 g/mol. The molecule has 2 amide bonds. The Morgan fingerprint density at radius 3 is 2.39 bits per heavy atom. The molecule has 0 aliphatic rings. The molecule has 0 aliphatic carbocycles. The molecule has 0 bridgehead atoms. The number of hydrogen-bond donors (Lipinski definition) is 3. The van der Waals surface area contributed by atoms with E-state index in [1.54, 1.807) is 32.4 Å². The molecule has 162 valence electrons. The van der Waals surface area contributed by atoms with Crippen molar-refractivity contribution >= 4 is 6.03 Å². The number of carbonyl (C=O) groups excluding carboxylic acids is 1. The van der Waals surface area contributed by atoms with Crippen LogP contribution in [-0.2, 0) is 12.8 Å². The lowest BCUT2D eigenvalue weighted by Crippen LogP contribution is -2.39. The van der Waals surface area contributed by atoms with Crippen LogP contribution in [0, 0.1) is 0 Å². The van der Waals surface area contributed by atoms with Gasteiger partial charge in [-0.15, -0.1) is 0 Å². The second-order valence-corrected chi connectivity index (χ2v) is 7.18. The van der Waals surface area contributed by atoms with Gasteiger partial charge in [-0.3, -0.25) is 0 Å². The third kappa shape index (κ3) is 6.40. The van der Waals surface area contributed by atoms with Crippen LogP contribution in [0.5, 0.6) is 17.2 Å². The number of rotatable bonds is 9. The van der Waals surface area contributed by atoms with Crippen LogP contribution in [-0.4, -0.2) is 31.9 Å². The van der Waals surface area contributed by atoms with E-state index in [1.807, 2.05) is 54.6 Å². The van der Waals surface area contributed by atoms with Gasteiger partial charge in [0.1, 0.15) is 5.75 Å². The van der Waals surface area contributed by atoms with Crippen molar-refractivity contribution in [2.45, 2.75) is 18.9 Å². The molecule has 31 heavy (non-hydrogen) atoms. The van der Waals surface area contributed by atoms with E-state index in [2.05, 4.69) is 10.6 Å². The van der Waals surface area contributed by atoms with Crippen LogP contribution in [0.3, 0.4) is 0 Å². The zero-order chi connectivity index (χ0) is 22.1. The maximum absolute atomic E-state index is 12.6. The number of carbonyl (C=O) groups is 1. The minimum atomic E-state index is -0.241. The van der Waals surface area contributed by atoms with Crippen molar-refractivity contribution in [2.24, 2.45) is 0 Å². The Morgan fingerprint density at radius 1 is 0.903 bits per heavy atom.